The van der Waals surface area contributed by atoms with Crippen molar-refractivity contribution < 1.29 is 23.9 Å². The fraction of sp³-hybridized carbons (Fsp3) is 0.778. The quantitative estimate of drug-likeness (QED) is 0.515. The fourth-order valence-corrected chi connectivity index (χ4v) is 2.74. The van der Waals surface area contributed by atoms with Crippen molar-refractivity contribution in [3.05, 3.63) is 0 Å². The molecular weight excluding hydrogens is 296 g/mol. The summed E-state index contributed by atoms with van der Waals surface area (Å²) in [6.07, 6.45) is 3.10. The van der Waals surface area contributed by atoms with Gasteiger partial charge < -0.3 is 4.74 Å². The van der Waals surface area contributed by atoms with Crippen LogP contribution in [0, 0.1) is 0 Å². The van der Waals surface area contributed by atoms with E-state index in [9.17, 15) is 19.2 Å². The molecule has 0 rings (SSSR count). The Bertz CT molecular complexity index is 394. The lowest BCUT2D eigenvalue weighted by atomic mass is 9.83. The molecule has 0 N–H and O–H groups in total. The number of hydrogen-bond acceptors (Lipinski definition) is 5. The van der Waals surface area contributed by atoms with Gasteiger partial charge in [0.1, 0.15) is 0 Å². The third-order valence-corrected chi connectivity index (χ3v) is 4.39. The molecule has 0 saturated heterocycles. The highest BCUT2D eigenvalue weighted by Gasteiger charge is 2.52. The lowest BCUT2D eigenvalue weighted by molar-refractivity contribution is -0.189. The molecule has 0 aliphatic carbocycles. The predicted octanol–water partition coefficient (Wildman–Crippen LogP) is 3.22. The van der Waals surface area contributed by atoms with Gasteiger partial charge >= 0.3 is 0 Å². The first-order chi connectivity index (χ1) is 10.6. The highest BCUT2D eigenvalue weighted by Crippen LogP contribution is 2.33. The molecule has 0 spiro atoms. The Labute approximate surface area is 139 Å². The van der Waals surface area contributed by atoms with Crippen LogP contribution in [0.5, 0.6) is 0 Å². The zero-order chi connectivity index (χ0) is 18.3. The van der Waals surface area contributed by atoms with Crippen LogP contribution in [0.25, 0.3) is 0 Å². The molecule has 0 unspecified atom stereocenters. The summed E-state index contributed by atoms with van der Waals surface area (Å²) in [5.41, 5.74) is -3.44. The Morgan fingerprint density at radius 1 is 0.652 bits per heavy atom. The Kier molecular flexibility index (Phi) is 8.53. The molecule has 0 radical (unpaired) electrons. The van der Waals surface area contributed by atoms with E-state index in [-0.39, 0.29) is 12.8 Å². The second-order valence-corrected chi connectivity index (χ2v) is 6.19. The third kappa shape index (κ3) is 4.80. The maximum Gasteiger partial charge on any atom is 0.185 e. The topological polar surface area (TPSA) is 77.5 Å². The van der Waals surface area contributed by atoms with E-state index in [1.807, 2.05) is 13.8 Å². The minimum absolute atomic E-state index is 0.183. The minimum atomic E-state index is -1.72. The molecule has 0 aromatic carbocycles. The summed E-state index contributed by atoms with van der Waals surface area (Å²) in [6, 6.07) is 0. The highest BCUT2D eigenvalue weighted by atomic mass is 16.5. The van der Waals surface area contributed by atoms with Gasteiger partial charge in [0.2, 0.25) is 0 Å². The van der Waals surface area contributed by atoms with Crippen LogP contribution in [0.4, 0.5) is 0 Å². The third-order valence-electron chi connectivity index (χ3n) is 4.39. The van der Waals surface area contributed by atoms with Crippen LogP contribution in [-0.4, -0.2) is 34.3 Å². The van der Waals surface area contributed by atoms with E-state index in [1.54, 1.807) is 0 Å². The molecule has 0 aromatic rings. The van der Waals surface area contributed by atoms with Gasteiger partial charge in [-0.25, -0.2) is 0 Å². The maximum atomic E-state index is 12.2. The molecule has 0 aliphatic rings. The van der Waals surface area contributed by atoms with Crippen molar-refractivity contribution in [2.75, 3.05) is 0 Å². The number of rotatable bonds is 12. The number of Topliss-reactive ketones (excluding diaryl/α,β-unsaturated/α-hetero) is 4. The van der Waals surface area contributed by atoms with Crippen LogP contribution in [0.3, 0.4) is 0 Å². The normalized spacial score (nSPS) is 12.1. The van der Waals surface area contributed by atoms with E-state index >= 15 is 0 Å². The van der Waals surface area contributed by atoms with Crippen LogP contribution in [0.1, 0.15) is 80.1 Å². The summed E-state index contributed by atoms with van der Waals surface area (Å²) in [6.45, 7) is 8.99. The standard InChI is InChI=1S/C18H30O5/c1-7-9-11-17(13(3)19,14(4)20)23-18(15(5)21,16(6)22)12-10-8-2/h7-12H2,1-6H3. The van der Waals surface area contributed by atoms with E-state index in [2.05, 4.69) is 0 Å². The van der Waals surface area contributed by atoms with Crippen molar-refractivity contribution in [1.82, 2.24) is 0 Å². The molecule has 5 heteroatoms. The van der Waals surface area contributed by atoms with Gasteiger partial charge in [-0.15, -0.1) is 0 Å². The van der Waals surface area contributed by atoms with Gasteiger partial charge in [-0.3, -0.25) is 19.2 Å². The predicted molar refractivity (Wildman–Crippen MR) is 88.3 cm³/mol. The second kappa shape index (κ2) is 9.06. The van der Waals surface area contributed by atoms with Crippen molar-refractivity contribution in [3.63, 3.8) is 0 Å². The second-order valence-electron chi connectivity index (χ2n) is 6.19. The van der Waals surface area contributed by atoms with Crippen molar-refractivity contribution in [1.29, 1.82) is 0 Å². The largest absolute Gasteiger partial charge is 0.337 e. The Hall–Kier alpha value is -1.36. The molecule has 132 valence electrons. The average molecular weight is 326 g/mol. The summed E-state index contributed by atoms with van der Waals surface area (Å²) >= 11 is 0. The van der Waals surface area contributed by atoms with Gasteiger partial charge in [-0.1, -0.05) is 26.7 Å². The SMILES string of the molecule is CCCCC(OC(CCCC)(C(C)=O)C(C)=O)(C(C)=O)C(C)=O. The van der Waals surface area contributed by atoms with Crippen LogP contribution < -0.4 is 0 Å². The smallest absolute Gasteiger partial charge is 0.185 e. The molecule has 0 amide bonds. The molecular formula is C18H30O5. The van der Waals surface area contributed by atoms with Crippen molar-refractivity contribution >= 4 is 23.1 Å². The molecule has 0 aromatic heterocycles. The highest BCUT2D eigenvalue weighted by molar-refractivity contribution is 6.12. The van der Waals surface area contributed by atoms with Crippen LogP contribution >= 0.6 is 0 Å². The lowest BCUT2D eigenvalue weighted by Gasteiger charge is -2.39. The Balaban J connectivity index is 6.02. The monoisotopic (exact) mass is 326 g/mol. The zero-order valence-corrected chi connectivity index (χ0v) is 15.3. The maximum absolute atomic E-state index is 12.2. The Morgan fingerprint density at radius 2 is 0.913 bits per heavy atom. The zero-order valence-electron chi connectivity index (χ0n) is 15.3. The van der Waals surface area contributed by atoms with Crippen LogP contribution in [0.2, 0.25) is 0 Å². The van der Waals surface area contributed by atoms with Crippen LogP contribution in [0.15, 0.2) is 0 Å². The molecule has 0 saturated carbocycles. The molecule has 0 fully saturated rings. The van der Waals surface area contributed by atoms with E-state index in [0.717, 1.165) is 12.8 Å². The summed E-state index contributed by atoms with van der Waals surface area (Å²) in [5.74, 6) is -1.83. The van der Waals surface area contributed by atoms with Gasteiger partial charge in [-0.05, 0) is 53.4 Å². The molecule has 0 heterocycles. The number of ketones is 4. The van der Waals surface area contributed by atoms with E-state index in [1.165, 1.54) is 27.7 Å². The summed E-state index contributed by atoms with van der Waals surface area (Å²) in [4.78, 5) is 49.0. The number of ether oxygens (including phenoxy) is 1. The van der Waals surface area contributed by atoms with E-state index in [4.69, 9.17) is 4.74 Å². The summed E-state index contributed by atoms with van der Waals surface area (Å²) in [7, 11) is 0. The first-order valence-corrected chi connectivity index (χ1v) is 8.35. The van der Waals surface area contributed by atoms with E-state index < -0.39 is 34.3 Å². The van der Waals surface area contributed by atoms with Gasteiger partial charge in [-0.2, -0.15) is 0 Å². The number of carbonyl (C=O) groups excluding carboxylic acids is 4. The van der Waals surface area contributed by atoms with Crippen molar-refractivity contribution in [2.24, 2.45) is 0 Å². The Morgan fingerprint density at radius 3 is 1.09 bits per heavy atom. The molecule has 0 aliphatic heterocycles. The van der Waals surface area contributed by atoms with Gasteiger partial charge in [0, 0.05) is 0 Å². The van der Waals surface area contributed by atoms with Gasteiger partial charge in [0.05, 0.1) is 0 Å². The van der Waals surface area contributed by atoms with Gasteiger partial charge in [0.25, 0.3) is 0 Å². The minimum Gasteiger partial charge on any atom is -0.337 e. The first kappa shape index (κ1) is 21.6. The van der Waals surface area contributed by atoms with Crippen molar-refractivity contribution in [2.45, 2.75) is 91.3 Å². The lowest BCUT2D eigenvalue weighted by Crippen LogP contribution is -2.58. The number of carbonyl (C=O) groups is 4. The van der Waals surface area contributed by atoms with Crippen molar-refractivity contribution in [3.8, 4) is 0 Å². The van der Waals surface area contributed by atoms with E-state index in [0.29, 0.717) is 12.8 Å². The average Bonchev–Trinajstić information content (AvgIpc) is 2.45. The summed E-state index contributed by atoms with van der Waals surface area (Å²) in [5, 5.41) is 0. The molecule has 23 heavy (non-hydrogen) atoms. The number of unbranched alkanes of at least 4 members (excludes halogenated alkanes) is 2. The molecule has 0 atom stereocenters. The van der Waals surface area contributed by atoms with Crippen LogP contribution in [-0.2, 0) is 23.9 Å². The molecule has 5 nitrogen and oxygen atoms in total. The first-order valence-electron chi connectivity index (χ1n) is 8.35. The van der Waals surface area contributed by atoms with Gasteiger partial charge in [0.15, 0.2) is 34.3 Å². The number of hydrogen-bond donors (Lipinski definition) is 0. The summed E-state index contributed by atoms with van der Waals surface area (Å²) < 4.78 is 5.88. The fourth-order valence-electron chi connectivity index (χ4n) is 2.74. The molecule has 0 bridgehead atoms.